The molecular formula is C30H32O5. The third-order valence-electron chi connectivity index (χ3n) is 6.08. The van der Waals surface area contributed by atoms with Crippen LogP contribution in [0.3, 0.4) is 0 Å². The zero-order valence-corrected chi connectivity index (χ0v) is 20.3. The summed E-state index contributed by atoms with van der Waals surface area (Å²) in [5.41, 5.74) is 6.83. The van der Waals surface area contributed by atoms with Crippen LogP contribution in [0.5, 0.6) is 11.5 Å². The lowest BCUT2D eigenvalue weighted by molar-refractivity contribution is -0.149. The van der Waals surface area contributed by atoms with Gasteiger partial charge in [0.15, 0.2) is 6.10 Å². The maximum Gasteiger partial charge on any atom is 0.333 e. The predicted molar refractivity (Wildman–Crippen MR) is 138 cm³/mol. The molecule has 1 atom stereocenters. The van der Waals surface area contributed by atoms with E-state index in [1.165, 1.54) is 16.7 Å². The number of carboxylic acid groups (broad SMARTS) is 1. The maximum atomic E-state index is 11.3. The van der Waals surface area contributed by atoms with Crippen molar-refractivity contribution in [2.24, 2.45) is 0 Å². The second-order valence-corrected chi connectivity index (χ2v) is 8.51. The Labute approximate surface area is 207 Å². The fraction of sp³-hybridized carbons (Fsp3) is 0.300. The van der Waals surface area contributed by atoms with Crippen LogP contribution in [0, 0.1) is 0 Å². The number of hydrogen-bond acceptors (Lipinski definition) is 4. The first-order chi connectivity index (χ1) is 17.1. The highest BCUT2D eigenvalue weighted by atomic mass is 16.5. The van der Waals surface area contributed by atoms with E-state index in [0.29, 0.717) is 19.6 Å². The van der Waals surface area contributed by atoms with Gasteiger partial charge in [-0.15, -0.1) is 0 Å². The van der Waals surface area contributed by atoms with Crippen LogP contribution in [0.1, 0.15) is 43.4 Å². The largest absolute Gasteiger partial charge is 0.494 e. The first-order valence-electron chi connectivity index (χ1n) is 12.2. The highest BCUT2D eigenvalue weighted by molar-refractivity contribution is 6.01. The molecule has 1 aliphatic carbocycles. The van der Waals surface area contributed by atoms with Gasteiger partial charge in [0.05, 0.1) is 6.61 Å². The Morgan fingerprint density at radius 1 is 0.886 bits per heavy atom. The number of benzene rings is 3. The van der Waals surface area contributed by atoms with Gasteiger partial charge < -0.3 is 19.3 Å². The van der Waals surface area contributed by atoms with Crippen molar-refractivity contribution in [3.8, 4) is 22.6 Å². The van der Waals surface area contributed by atoms with Crippen molar-refractivity contribution in [1.29, 1.82) is 0 Å². The second kappa shape index (κ2) is 11.7. The van der Waals surface area contributed by atoms with Crippen LogP contribution in [0.4, 0.5) is 0 Å². The Morgan fingerprint density at radius 3 is 2.31 bits per heavy atom. The van der Waals surface area contributed by atoms with E-state index in [9.17, 15) is 9.90 Å². The number of rotatable bonds is 12. The van der Waals surface area contributed by atoms with Crippen molar-refractivity contribution in [2.75, 3.05) is 19.8 Å². The molecule has 1 aliphatic rings. The maximum absolute atomic E-state index is 11.3. The van der Waals surface area contributed by atoms with Gasteiger partial charge in [0, 0.05) is 13.0 Å². The van der Waals surface area contributed by atoms with Crippen molar-refractivity contribution in [2.45, 2.75) is 39.2 Å². The van der Waals surface area contributed by atoms with Crippen molar-refractivity contribution in [3.05, 3.63) is 89.5 Å². The van der Waals surface area contributed by atoms with Gasteiger partial charge in [-0.1, -0.05) is 55.8 Å². The molecule has 0 radical (unpaired) electrons. The minimum absolute atomic E-state index is 0.323. The van der Waals surface area contributed by atoms with E-state index >= 15 is 0 Å². The molecule has 0 bridgehead atoms. The zero-order chi connectivity index (χ0) is 24.6. The summed E-state index contributed by atoms with van der Waals surface area (Å²) in [5.74, 6) is 0.672. The molecule has 0 saturated carbocycles. The lowest BCUT2D eigenvalue weighted by Gasteiger charge is -2.13. The van der Waals surface area contributed by atoms with Gasteiger partial charge in [-0.05, 0) is 77.1 Å². The fourth-order valence-corrected chi connectivity index (χ4v) is 4.30. The summed E-state index contributed by atoms with van der Waals surface area (Å²) in [4.78, 5) is 11.3. The van der Waals surface area contributed by atoms with Crippen LogP contribution >= 0.6 is 0 Å². The van der Waals surface area contributed by atoms with E-state index in [0.717, 1.165) is 47.6 Å². The van der Waals surface area contributed by atoms with Gasteiger partial charge in [0.1, 0.15) is 18.1 Å². The van der Waals surface area contributed by atoms with Crippen LogP contribution in [0.25, 0.3) is 16.7 Å². The molecule has 0 spiro atoms. The number of hydrogen-bond donors (Lipinski definition) is 1. The van der Waals surface area contributed by atoms with Gasteiger partial charge in [0.2, 0.25) is 0 Å². The summed E-state index contributed by atoms with van der Waals surface area (Å²) in [6, 6.07) is 22.2. The molecule has 0 saturated heterocycles. The topological polar surface area (TPSA) is 65.0 Å². The Morgan fingerprint density at radius 2 is 1.60 bits per heavy atom. The Kier molecular flexibility index (Phi) is 8.22. The van der Waals surface area contributed by atoms with Crippen LogP contribution in [0.15, 0.2) is 72.8 Å². The summed E-state index contributed by atoms with van der Waals surface area (Å²) in [5, 5.41) is 9.29. The number of unbranched alkanes of at least 4 members (excludes halogenated alkanes) is 1. The minimum atomic E-state index is -0.949. The molecule has 1 N–H and O–H groups in total. The molecule has 0 aliphatic heterocycles. The van der Waals surface area contributed by atoms with Crippen molar-refractivity contribution in [3.63, 3.8) is 0 Å². The average molecular weight is 473 g/mol. The lowest BCUT2D eigenvalue weighted by Crippen LogP contribution is -2.26. The summed E-state index contributed by atoms with van der Waals surface area (Å²) in [6.45, 7) is 5.46. The summed E-state index contributed by atoms with van der Waals surface area (Å²) >= 11 is 0. The summed E-state index contributed by atoms with van der Waals surface area (Å²) in [7, 11) is 0. The van der Waals surface area contributed by atoms with Gasteiger partial charge in [-0.3, -0.25) is 0 Å². The molecule has 0 fully saturated rings. The SMILES string of the molecule is CCCCOc1ccc2c(c1)/C(=C/COc1ccc(CC(OCC)C(=O)O)cc1)c1ccccc1-2. The first kappa shape index (κ1) is 24.6. The average Bonchev–Trinajstić information content (AvgIpc) is 3.18. The van der Waals surface area contributed by atoms with Crippen molar-refractivity contribution in [1.82, 2.24) is 0 Å². The quantitative estimate of drug-likeness (QED) is 0.242. The third-order valence-corrected chi connectivity index (χ3v) is 6.08. The molecule has 35 heavy (non-hydrogen) atoms. The van der Waals surface area contributed by atoms with Crippen LogP contribution in [0.2, 0.25) is 0 Å². The van der Waals surface area contributed by atoms with E-state index in [1.54, 1.807) is 6.92 Å². The third kappa shape index (κ3) is 5.92. The van der Waals surface area contributed by atoms with Gasteiger partial charge in [-0.25, -0.2) is 4.79 Å². The van der Waals surface area contributed by atoms with E-state index in [2.05, 4.69) is 49.4 Å². The molecular weight excluding hydrogens is 440 g/mol. The predicted octanol–water partition coefficient (Wildman–Crippen LogP) is 6.39. The molecule has 5 nitrogen and oxygen atoms in total. The number of ether oxygens (including phenoxy) is 3. The summed E-state index contributed by atoms with van der Waals surface area (Å²) in [6.07, 6.45) is 3.74. The smallest absolute Gasteiger partial charge is 0.333 e. The number of fused-ring (bicyclic) bond motifs is 3. The van der Waals surface area contributed by atoms with E-state index in [-0.39, 0.29) is 0 Å². The van der Waals surface area contributed by atoms with Crippen LogP contribution in [-0.4, -0.2) is 37.0 Å². The second-order valence-electron chi connectivity index (χ2n) is 8.51. The highest BCUT2D eigenvalue weighted by Crippen LogP contribution is 2.45. The number of aliphatic carboxylic acids is 1. The molecule has 4 rings (SSSR count). The van der Waals surface area contributed by atoms with Crippen molar-refractivity contribution < 1.29 is 24.1 Å². The standard InChI is InChI=1S/C30H32O5/c1-3-5-17-34-23-14-15-26-24-8-6-7-9-25(24)27(28(26)20-23)16-18-35-22-12-10-21(11-13-22)19-29(30(31)32)33-4-2/h6-16,20,29H,3-5,17-19H2,1-2H3,(H,31,32)/b27-16+. The normalized spacial score (nSPS) is 13.8. The van der Waals surface area contributed by atoms with E-state index < -0.39 is 12.1 Å². The molecule has 3 aromatic carbocycles. The van der Waals surface area contributed by atoms with E-state index in [4.69, 9.17) is 14.2 Å². The van der Waals surface area contributed by atoms with E-state index in [1.807, 2.05) is 30.3 Å². The van der Waals surface area contributed by atoms with Gasteiger partial charge in [-0.2, -0.15) is 0 Å². The molecule has 182 valence electrons. The van der Waals surface area contributed by atoms with Crippen molar-refractivity contribution >= 4 is 11.5 Å². The molecule has 0 amide bonds. The Hall–Kier alpha value is -3.57. The number of carboxylic acids is 1. The first-order valence-corrected chi connectivity index (χ1v) is 12.2. The molecule has 0 heterocycles. The fourth-order valence-electron chi connectivity index (χ4n) is 4.30. The Bertz CT molecular complexity index is 1180. The highest BCUT2D eigenvalue weighted by Gasteiger charge is 2.23. The van der Waals surface area contributed by atoms with Gasteiger partial charge >= 0.3 is 5.97 Å². The summed E-state index contributed by atoms with van der Waals surface area (Å²) < 4.78 is 17.3. The van der Waals surface area contributed by atoms with Crippen LogP contribution in [-0.2, 0) is 16.0 Å². The number of carbonyl (C=O) groups is 1. The molecule has 0 aromatic heterocycles. The molecule has 5 heteroatoms. The Balaban J connectivity index is 1.47. The molecule has 1 unspecified atom stereocenters. The van der Waals surface area contributed by atoms with Crippen LogP contribution < -0.4 is 9.47 Å². The lowest BCUT2D eigenvalue weighted by atomic mass is 10.0. The monoisotopic (exact) mass is 472 g/mol. The zero-order valence-electron chi connectivity index (χ0n) is 20.3. The van der Waals surface area contributed by atoms with Gasteiger partial charge in [0.25, 0.3) is 0 Å². The minimum Gasteiger partial charge on any atom is -0.494 e. The molecule has 3 aromatic rings.